The number of aromatic hydroxyl groups is 1. The van der Waals surface area contributed by atoms with Gasteiger partial charge in [-0.05, 0) is 37.0 Å². The third-order valence-corrected chi connectivity index (χ3v) is 3.39. The summed E-state index contributed by atoms with van der Waals surface area (Å²) >= 11 is 0. The van der Waals surface area contributed by atoms with E-state index >= 15 is 0 Å². The van der Waals surface area contributed by atoms with Crippen LogP contribution < -0.4 is 10.6 Å². The quantitative estimate of drug-likeness (QED) is 0.621. The van der Waals surface area contributed by atoms with Gasteiger partial charge in [-0.3, -0.25) is 0 Å². The molecule has 0 bridgehead atoms. The number of hydrogen-bond donors (Lipinski definition) is 4. The normalized spacial score (nSPS) is 20.2. The van der Waals surface area contributed by atoms with E-state index in [0.717, 1.165) is 25.3 Å². The Bertz CT molecular complexity index is 530. The lowest BCUT2D eigenvalue weighted by Crippen LogP contribution is -2.31. The Morgan fingerprint density at radius 2 is 2.15 bits per heavy atom. The summed E-state index contributed by atoms with van der Waals surface area (Å²) in [7, 11) is 0. The molecule has 0 radical (unpaired) electrons. The number of aromatic carboxylic acids is 1. The van der Waals surface area contributed by atoms with E-state index in [4.69, 9.17) is 5.11 Å². The molecule has 0 spiro atoms. The molecule has 4 N–H and O–H groups in total. The van der Waals surface area contributed by atoms with E-state index in [2.05, 4.69) is 17.6 Å². The van der Waals surface area contributed by atoms with Gasteiger partial charge in [0.15, 0.2) is 0 Å². The Morgan fingerprint density at radius 3 is 2.75 bits per heavy atom. The maximum atomic E-state index is 11.7. The topological polar surface area (TPSA) is 98.7 Å². The minimum absolute atomic E-state index is 0.0290. The van der Waals surface area contributed by atoms with Gasteiger partial charge in [0, 0.05) is 6.04 Å². The van der Waals surface area contributed by atoms with Gasteiger partial charge in [-0.15, -0.1) is 0 Å². The number of rotatable bonds is 5. The number of phenols is 1. The number of benzene rings is 1. The van der Waals surface area contributed by atoms with Gasteiger partial charge in [-0.25, -0.2) is 9.59 Å². The van der Waals surface area contributed by atoms with Gasteiger partial charge in [0.1, 0.15) is 5.75 Å². The average Bonchev–Trinajstić information content (AvgIpc) is 3.10. The lowest BCUT2D eigenvalue weighted by Gasteiger charge is -2.09. The number of amides is 2. The molecule has 1 fully saturated rings. The van der Waals surface area contributed by atoms with Crippen molar-refractivity contribution in [3.05, 3.63) is 23.8 Å². The summed E-state index contributed by atoms with van der Waals surface area (Å²) in [6.45, 7) is 2.11. The highest BCUT2D eigenvalue weighted by atomic mass is 16.4. The summed E-state index contributed by atoms with van der Waals surface area (Å²) in [6, 6.07) is 3.63. The van der Waals surface area contributed by atoms with Crippen LogP contribution in [0, 0.1) is 5.92 Å². The standard InChI is InChI=1S/C14H18N2O4/c1-2-3-8-6-11(8)16-14(20)15-10-5-4-9(13(18)19)7-12(10)17/h4-5,7-8,11,17H,2-3,6H2,1H3,(H,18,19)(H2,15,16,20). The van der Waals surface area contributed by atoms with Crippen molar-refractivity contribution in [3.63, 3.8) is 0 Å². The van der Waals surface area contributed by atoms with Crippen molar-refractivity contribution in [2.75, 3.05) is 5.32 Å². The number of hydrogen-bond acceptors (Lipinski definition) is 3. The van der Waals surface area contributed by atoms with Crippen LogP contribution in [0.2, 0.25) is 0 Å². The number of carbonyl (C=O) groups is 2. The van der Waals surface area contributed by atoms with Gasteiger partial charge in [-0.2, -0.15) is 0 Å². The minimum Gasteiger partial charge on any atom is -0.506 e. The Balaban J connectivity index is 1.90. The number of anilines is 1. The van der Waals surface area contributed by atoms with Crippen molar-refractivity contribution < 1.29 is 19.8 Å². The predicted molar refractivity (Wildman–Crippen MR) is 74.0 cm³/mol. The van der Waals surface area contributed by atoms with Gasteiger partial charge in [0.2, 0.25) is 0 Å². The van der Waals surface area contributed by atoms with Gasteiger partial charge < -0.3 is 20.8 Å². The first-order chi connectivity index (χ1) is 9.51. The zero-order valence-electron chi connectivity index (χ0n) is 11.2. The third kappa shape index (κ3) is 3.40. The molecule has 108 valence electrons. The molecule has 2 unspecified atom stereocenters. The summed E-state index contributed by atoms with van der Waals surface area (Å²) in [6.07, 6.45) is 3.19. The molecule has 0 aromatic heterocycles. The van der Waals surface area contributed by atoms with Crippen LogP contribution in [0.3, 0.4) is 0 Å². The van der Waals surface area contributed by atoms with Gasteiger partial charge in [0.25, 0.3) is 0 Å². The predicted octanol–water partition coefficient (Wildman–Crippen LogP) is 2.40. The first-order valence-electron chi connectivity index (χ1n) is 6.65. The summed E-state index contributed by atoms with van der Waals surface area (Å²) in [4.78, 5) is 22.5. The van der Waals surface area contributed by atoms with Crippen molar-refractivity contribution in [2.24, 2.45) is 5.92 Å². The van der Waals surface area contributed by atoms with Crippen LogP contribution in [0.5, 0.6) is 5.75 Å². The van der Waals surface area contributed by atoms with E-state index in [1.807, 2.05) is 0 Å². The van der Waals surface area contributed by atoms with E-state index in [0.29, 0.717) is 5.92 Å². The molecule has 2 amide bonds. The van der Waals surface area contributed by atoms with Crippen LogP contribution >= 0.6 is 0 Å². The number of nitrogens with one attached hydrogen (secondary N) is 2. The van der Waals surface area contributed by atoms with Crippen molar-refractivity contribution >= 4 is 17.7 Å². The zero-order chi connectivity index (χ0) is 14.7. The molecule has 0 heterocycles. The van der Waals surface area contributed by atoms with Crippen molar-refractivity contribution in [1.82, 2.24) is 5.32 Å². The van der Waals surface area contributed by atoms with Crippen LogP contribution in [0.15, 0.2) is 18.2 Å². The summed E-state index contributed by atoms with van der Waals surface area (Å²) in [5.74, 6) is -0.841. The third-order valence-electron chi connectivity index (χ3n) is 3.39. The second-order valence-corrected chi connectivity index (χ2v) is 5.03. The van der Waals surface area contributed by atoms with E-state index in [-0.39, 0.29) is 29.1 Å². The van der Waals surface area contributed by atoms with E-state index in [9.17, 15) is 14.7 Å². The Hall–Kier alpha value is -2.24. The number of carbonyl (C=O) groups excluding carboxylic acids is 1. The Kier molecular flexibility index (Phi) is 4.12. The van der Waals surface area contributed by atoms with Crippen molar-refractivity contribution in [3.8, 4) is 5.75 Å². The average molecular weight is 278 g/mol. The van der Waals surface area contributed by atoms with Gasteiger partial charge >= 0.3 is 12.0 Å². The second-order valence-electron chi connectivity index (χ2n) is 5.03. The smallest absolute Gasteiger partial charge is 0.335 e. The first-order valence-corrected chi connectivity index (χ1v) is 6.65. The number of carboxylic acids is 1. The van der Waals surface area contributed by atoms with Crippen molar-refractivity contribution in [2.45, 2.75) is 32.2 Å². The Morgan fingerprint density at radius 1 is 1.40 bits per heavy atom. The highest BCUT2D eigenvalue weighted by molar-refractivity contribution is 5.93. The molecule has 1 saturated carbocycles. The monoisotopic (exact) mass is 278 g/mol. The molecular weight excluding hydrogens is 260 g/mol. The minimum atomic E-state index is -1.13. The highest BCUT2D eigenvalue weighted by Crippen LogP contribution is 2.34. The molecule has 1 aromatic carbocycles. The molecule has 2 rings (SSSR count). The maximum absolute atomic E-state index is 11.7. The number of carboxylic acid groups (broad SMARTS) is 1. The van der Waals surface area contributed by atoms with E-state index < -0.39 is 5.97 Å². The molecule has 1 aliphatic carbocycles. The summed E-state index contributed by atoms with van der Waals surface area (Å²) in [5.41, 5.74) is 0.166. The van der Waals surface area contributed by atoms with Gasteiger partial charge in [-0.1, -0.05) is 13.3 Å². The Labute approximate surface area is 116 Å². The first kappa shape index (κ1) is 14.2. The molecule has 20 heavy (non-hydrogen) atoms. The van der Waals surface area contributed by atoms with Crippen LogP contribution in [0.25, 0.3) is 0 Å². The van der Waals surface area contributed by atoms with E-state index in [1.165, 1.54) is 12.1 Å². The van der Waals surface area contributed by atoms with Crippen LogP contribution in [-0.2, 0) is 0 Å². The molecule has 0 saturated heterocycles. The molecule has 1 aliphatic rings. The molecular formula is C14H18N2O4. The number of phenolic OH excluding ortho intramolecular Hbond substituents is 1. The fourth-order valence-electron chi connectivity index (χ4n) is 2.21. The summed E-state index contributed by atoms with van der Waals surface area (Å²) in [5, 5.41) is 23.8. The fourth-order valence-corrected chi connectivity index (χ4v) is 2.21. The molecule has 6 nitrogen and oxygen atoms in total. The fraction of sp³-hybridized carbons (Fsp3) is 0.429. The molecule has 2 atom stereocenters. The van der Waals surface area contributed by atoms with Crippen LogP contribution in [-0.4, -0.2) is 28.3 Å². The molecule has 6 heteroatoms. The second kappa shape index (κ2) is 5.81. The maximum Gasteiger partial charge on any atom is 0.335 e. The number of urea groups is 1. The SMILES string of the molecule is CCCC1CC1NC(=O)Nc1ccc(C(=O)O)cc1O. The van der Waals surface area contributed by atoms with Crippen LogP contribution in [0.4, 0.5) is 10.5 Å². The zero-order valence-corrected chi connectivity index (χ0v) is 11.2. The molecule has 1 aromatic rings. The van der Waals surface area contributed by atoms with E-state index in [1.54, 1.807) is 0 Å². The lowest BCUT2D eigenvalue weighted by molar-refractivity contribution is 0.0696. The van der Waals surface area contributed by atoms with Crippen molar-refractivity contribution in [1.29, 1.82) is 0 Å². The lowest BCUT2D eigenvalue weighted by atomic mass is 10.2. The highest BCUT2D eigenvalue weighted by Gasteiger charge is 2.37. The van der Waals surface area contributed by atoms with Gasteiger partial charge in [0.05, 0.1) is 11.3 Å². The van der Waals surface area contributed by atoms with Crippen LogP contribution in [0.1, 0.15) is 36.5 Å². The summed E-state index contributed by atoms with van der Waals surface area (Å²) < 4.78 is 0. The molecule has 0 aliphatic heterocycles. The largest absolute Gasteiger partial charge is 0.506 e.